The number of urea groups is 1. The van der Waals surface area contributed by atoms with E-state index in [2.05, 4.69) is 0 Å². The number of benzene rings is 1. The van der Waals surface area contributed by atoms with E-state index in [0.29, 0.717) is 12.2 Å². The van der Waals surface area contributed by atoms with Crippen molar-refractivity contribution in [2.24, 2.45) is 11.7 Å². The molecule has 2 rings (SSSR count). The fourth-order valence-corrected chi connectivity index (χ4v) is 3.35. The number of ether oxygens (including phenoxy) is 2. The Kier molecular flexibility index (Phi) is 8.40. The third kappa shape index (κ3) is 6.23. The number of nitriles is 1. The molecule has 1 aromatic heterocycles. The molecule has 0 saturated heterocycles. The molecule has 33 heavy (non-hydrogen) atoms. The number of nitrogens with zero attached hydrogens (tertiary/aromatic N) is 2. The average Bonchev–Trinajstić information content (AvgIpc) is 3.03. The van der Waals surface area contributed by atoms with Crippen molar-refractivity contribution in [3.63, 3.8) is 0 Å². The zero-order valence-electron chi connectivity index (χ0n) is 19.3. The van der Waals surface area contributed by atoms with Gasteiger partial charge in [0.15, 0.2) is 6.10 Å². The summed E-state index contributed by atoms with van der Waals surface area (Å²) in [6.45, 7) is 9.54. The van der Waals surface area contributed by atoms with Crippen molar-refractivity contribution in [1.29, 1.82) is 5.26 Å². The number of nitrogens with one attached hydrogen (secondary N) is 1. The molecule has 9 nitrogen and oxygen atoms in total. The first-order chi connectivity index (χ1) is 15.6. The summed E-state index contributed by atoms with van der Waals surface area (Å²) in [5.41, 5.74) is 7.95. The molecule has 0 radical (unpaired) electrons. The molecule has 1 unspecified atom stereocenters. The van der Waals surface area contributed by atoms with Crippen LogP contribution in [0.15, 0.2) is 35.9 Å². The summed E-state index contributed by atoms with van der Waals surface area (Å²) in [6.07, 6.45) is 0.136. The van der Waals surface area contributed by atoms with Crippen molar-refractivity contribution in [2.45, 2.75) is 40.7 Å². The lowest BCUT2D eigenvalue weighted by atomic mass is 10.1. The van der Waals surface area contributed by atoms with Crippen molar-refractivity contribution < 1.29 is 23.9 Å². The van der Waals surface area contributed by atoms with Crippen LogP contribution in [0.3, 0.4) is 0 Å². The maximum atomic E-state index is 12.6. The van der Waals surface area contributed by atoms with E-state index in [1.54, 1.807) is 13.8 Å². The van der Waals surface area contributed by atoms with E-state index in [9.17, 15) is 19.6 Å². The maximum absolute atomic E-state index is 12.6. The van der Waals surface area contributed by atoms with Crippen molar-refractivity contribution in [3.05, 3.63) is 52.9 Å². The molecule has 0 bridgehead atoms. The van der Waals surface area contributed by atoms with Gasteiger partial charge in [0.1, 0.15) is 17.4 Å². The van der Waals surface area contributed by atoms with Gasteiger partial charge in [-0.3, -0.25) is 10.1 Å². The van der Waals surface area contributed by atoms with E-state index in [1.165, 1.54) is 6.08 Å². The fraction of sp³-hybridized carbons (Fsp3) is 0.333. The highest BCUT2D eigenvalue weighted by Gasteiger charge is 2.29. The smallest absolute Gasteiger partial charge is 0.349 e. The topological polar surface area (TPSA) is 136 Å². The second kappa shape index (κ2) is 11.0. The number of rotatable bonds is 8. The summed E-state index contributed by atoms with van der Waals surface area (Å²) in [4.78, 5) is 35.7. The third-order valence-electron chi connectivity index (χ3n) is 4.86. The molecule has 0 aliphatic heterocycles. The Bertz CT molecular complexity index is 1110. The van der Waals surface area contributed by atoms with Gasteiger partial charge in [-0.15, -0.1) is 0 Å². The summed E-state index contributed by atoms with van der Waals surface area (Å²) in [7, 11) is 0. The lowest BCUT2D eigenvalue weighted by Gasteiger charge is -2.19. The number of esters is 1. The van der Waals surface area contributed by atoms with E-state index in [0.717, 1.165) is 22.8 Å². The van der Waals surface area contributed by atoms with Crippen LogP contribution in [0.25, 0.3) is 11.8 Å². The Morgan fingerprint density at radius 1 is 1.21 bits per heavy atom. The highest BCUT2D eigenvalue weighted by atomic mass is 16.5. The largest absolute Gasteiger partial charge is 0.494 e. The predicted octanol–water partition coefficient (Wildman–Crippen LogP) is 3.16. The predicted molar refractivity (Wildman–Crippen MR) is 122 cm³/mol. The molecule has 3 N–H and O–H groups in total. The van der Waals surface area contributed by atoms with E-state index in [1.807, 2.05) is 67.1 Å². The van der Waals surface area contributed by atoms with Gasteiger partial charge >= 0.3 is 12.0 Å². The Labute approximate surface area is 192 Å². The summed E-state index contributed by atoms with van der Waals surface area (Å²) < 4.78 is 12.7. The van der Waals surface area contributed by atoms with Crippen molar-refractivity contribution in [3.8, 4) is 17.5 Å². The lowest BCUT2D eigenvalue weighted by Crippen LogP contribution is -2.45. The zero-order chi connectivity index (χ0) is 24.7. The van der Waals surface area contributed by atoms with Crippen LogP contribution in [0, 0.1) is 31.1 Å². The second-order valence-electron chi connectivity index (χ2n) is 7.68. The summed E-state index contributed by atoms with van der Waals surface area (Å²) >= 11 is 0. The number of aryl methyl sites for hydroxylation is 1. The molecule has 1 heterocycles. The van der Waals surface area contributed by atoms with Gasteiger partial charge in [0, 0.05) is 17.1 Å². The van der Waals surface area contributed by atoms with Gasteiger partial charge in [-0.1, -0.05) is 13.8 Å². The molecule has 0 spiro atoms. The van der Waals surface area contributed by atoms with Gasteiger partial charge < -0.3 is 19.8 Å². The molecule has 2 aromatic rings. The number of imide groups is 1. The molecule has 174 valence electrons. The van der Waals surface area contributed by atoms with Gasteiger partial charge in [-0.2, -0.15) is 5.26 Å². The standard InChI is InChI=1S/C24H28N4O5/c1-6-32-20-9-7-19(8-10-20)28-15(4)11-17(16(28)5)12-18(13-25)23(30)33-21(14(2)3)22(29)27-24(26)31/h7-12,14,21H,6H2,1-5H3,(H3,26,27,29,31)/b18-12+. The van der Waals surface area contributed by atoms with Crippen molar-refractivity contribution in [2.75, 3.05) is 6.61 Å². The first kappa shape index (κ1) is 25.2. The van der Waals surface area contributed by atoms with E-state index in [-0.39, 0.29) is 5.57 Å². The minimum Gasteiger partial charge on any atom is -0.494 e. The van der Waals surface area contributed by atoms with Crippen LogP contribution in [-0.2, 0) is 14.3 Å². The van der Waals surface area contributed by atoms with Gasteiger partial charge in [0.25, 0.3) is 5.91 Å². The van der Waals surface area contributed by atoms with Crippen LogP contribution in [0.4, 0.5) is 4.79 Å². The van der Waals surface area contributed by atoms with Gasteiger partial charge in [-0.25, -0.2) is 9.59 Å². The minimum atomic E-state index is -1.28. The van der Waals surface area contributed by atoms with E-state index in [4.69, 9.17) is 15.2 Å². The minimum absolute atomic E-state index is 0.278. The Morgan fingerprint density at radius 3 is 2.36 bits per heavy atom. The molecule has 0 saturated carbocycles. The number of aromatic nitrogens is 1. The Hall–Kier alpha value is -4.06. The Balaban J connectivity index is 2.33. The SMILES string of the molecule is CCOc1ccc(-n2c(C)cc(/C=C(\C#N)C(=O)OC(C(=O)NC(N)=O)C(C)C)c2C)cc1. The van der Waals surface area contributed by atoms with Crippen molar-refractivity contribution in [1.82, 2.24) is 9.88 Å². The van der Waals surface area contributed by atoms with Crippen LogP contribution in [0.5, 0.6) is 5.75 Å². The number of carbonyl (C=O) groups excluding carboxylic acids is 3. The molecule has 3 amide bonds. The lowest BCUT2D eigenvalue weighted by molar-refractivity contribution is -0.154. The monoisotopic (exact) mass is 452 g/mol. The highest BCUT2D eigenvalue weighted by Crippen LogP contribution is 2.25. The quantitative estimate of drug-likeness (QED) is 0.359. The number of hydrogen-bond acceptors (Lipinski definition) is 6. The molecule has 9 heteroatoms. The number of amides is 3. The maximum Gasteiger partial charge on any atom is 0.349 e. The first-order valence-electron chi connectivity index (χ1n) is 10.4. The van der Waals surface area contributed by atoms with Gasteiger partial charge in [0.2, 0.25) is 0 Å². The molecule has 0 aliphatic rings. The Morgan fingerprint density at radius 2 is 1.85 bits per heavy atom. The summed E-state index contributed by atoms with van der Waals surface area (Å²) in [5.74, 6) is -1.50. The van der Waals surface area contributed by atoms with Crippen LogP contribution in [0.2, 0.25) is 0 Å². The molecule has 0 fully saturated rings. The van der Waals surface area contributed by atoms with Gasteiger partial charge in [-0.05, 0) is 68.7 Å². The number of hydrogen-bond donors (Lipinski definition) is 2. The van der Waals surface area contributed by atoms with Gasteiger partial charge in [0.05, 0.1) is 6.61 Å². The van der Waals surface area contributed by atoms with Crippen molar-refractivity contribution >= 4 is 24.0 Å². The summed E-state index contributed by atoms with van der Waals surface area (Å²) in [6, 6.07) is 10.2. The van der Waals surface area contributed by atoms with Crippen LogP contribution in [0.1, 0.15) is 37.7 Å². The molecular formula is C24H28N4O5. The molecule has 1 aromatic carbocycles. The first-order valence-corrected chi connectivity index (χ1v) is 10.4. The number of nitrogens with two attached hydrogens (primary N) is 1. The fourth-order valence-electron chi connectivity index (χ4n) is 3.35. The summed E-state index contributed by atoms with van der Waals surface area (Å²) in [5, 5.41) is 11.4. The van der Waals surface area contributed by atoms with E-state index < -0.39 is 29.9 Å². The zero-order valence-corrected chi connectivity index (χ0v) is 19.3. The molecular weight excluding hydrogens is 424 g/mol. The average molecular weight is 453 g/mol. The van der Waals surface area contributed by atoms with Crippen LogP contribution >= 0.6 is 0 Å². The molecule has 0 aliphatic carbocycles. The van der Waals surface area contributed by atoms with Crippen LogP contribution in [-0.4, -0.2) is 35.2 Å². The normalized spacial score (nSPS) is 12.1. The number of primary amides is 1. The number of carbonyl (C=O) groups is 3. The third-order valence-corrected chi connectivity index (χ3v) is 4.86. The second-order valence-corrected chi connectivity index (χ2v) is 7.68. The van der Waals surface area contributed by atoms with E-state index >= 15 is 0 Å². The highest BCUT2D eigenvalue weighted by molar-refractivity contribution is 6.01. The molecule has 1 atom stereocenters. The van der Waals surface area contributed by atoms with Crippen LogP contribution < -0.4 is 15.8 Å².